The molecule has 0 N–H and O–H groups in total. The number of carbonyl (C=O) groups is 1. The Morgan fingerprint density at radius 2 is 2.18 bits per heavy atom. The molecular weight excluding hydrogens is 160 g/mol. The van der Waals surface area contributed by atoms with Gasteiger partial charge in [-0.25, -0.2) is 4.79 Å². The largest absolute Gasteiger partial charge is 0.463 e. The van der Waals surface area contributed by atoms with Gasteiger partial charge in [0.2, 0.25) is 0 Å². The van der Waals surface area contributed by atoms with Crippen molar-refractivity contribution in [2.24, 2.45) is 0 Å². The Kier molecular flexibility index (Phi) is 6.03. The van der Waals surface area contributed by atoms with Crippen LogP contribution in [0.2, 0.25) is 0 Å². The van der Waals surface area contributed by atoms with E-state index >= 15 is 0 Å². The summed E-state index contributed by atoms with van der Waals surface area (Å²) in [5.41, 5.74) is 0.679. The Morgan fingerprint density at radius 1 is 1.55 bits per heavy atom. The highest BCUT2D eigenvalue weighted by Crippen LogP contribution is 2.07. The van der Waals surface area contributed by atoms with E-state index in [0.29, 0.717) is 12.2 Å². The SMILES string of the molecule is CCOC(=O)/C(C)=C/SCC. The maximum atomic E-state index is 10.9. The fourth-order valence-corrected chi connectivity index (χ4v) is 1.01. The summed E-state index contributed by atoms with van der Waals surface area (Å²) in [4.78, 5) is 10.9. The molecule has 0 radical (unpaired) electrons. The fraction of sp³-hybridized carbons (Fsp3) is 0.625. The summed E-state index contributed by atoms with van der Waals surface area (Å²) in [6.07, 6.45) is 0. The molecule has 0 spiro atoms. The summed E-state index contributed by atoms with van der Waals surface area (Å²) in [7, 11) is 0. The lowest BCUT2D eigenvalue weighted by molar-refractivity contribution is -0.138. The molecular formula is C8H14O2S. The molecule has 0 bridgehead atoms. The molecule has 0 fully saturated rings. The van der Waals surface area contributed by atoms with Crippen LogP contribution in [-0.4, -0.2) is 18.3 Å². The second-order valence-corrected chi connectivity index (χ2v) is 3.12. The summed E-state index contributed by atoms with van der Waals surface area (Å²) in [6.45, 7) is 6.05. The van der Waals surface area contributed by atoms with E-state index < -0.39 is 0 Å². The smallest absolute Gasteiger partial charge is 0.334 e. The van der Waals surface area contributed by atoms with Crippen LogP contribution in [0.3, 0.4) is 0 Å². The molecule has 0 rings (SSSR count). The maximum Gasteiger partial charge on any atom is 0.334 e. The second kappa shape index (κ2) is 6.28. The van der Waals surface area contributed by atoms with Crippen LogP contribution in [0.25, 0.3) is 0 Å². The molecule has 2 nitrogen and oxygen atoms in total. The highest BCUT2D eigenvalue weighted by atomic mass is 32.2. The zero-order valence-electron chi connectivity index (χ0n) is 7.22. The molecule has 0 unspecified atom stereocenters. The first-order chi connectivity index (χ1) is 5.22. The van der Waals surface area contributed by atoms with Crippen molar-refractivity contribution < 1.29 is 9.53 Å². The number of carbonyl (C=O) groups excluding carboxylic acids is 1. The van der Waals surface area contributed by atoms with Crippen LogP contribution in [-0.2, 0) is 9.53 Å². The summed E-state index contributed by atoms with van der Waals surface area (Å²) in [5, 5.41) is 1.83. The minimum Gasteiger partial charge on any atom is -0.463 e. The highest BCUT2D eigenvalue weighted by molar-refractivity contribution is 8.02. The lowest BCUT2D eigenvalue weighted by Gasteiger charge is -1.99. The first-order valence-electron chi connectivity index (χ1n) is 3.67. The van der Waals surface area contributed by atoms with Gasteiger partial charge in [0.25, 0.3) is 0 Å². The highest BCUT2D eigenvalue weighted by Gasteiger charge is 2.02. The van der Waals surface area contributed by atoms with Gasteiger partial charge < -0.3 is 4.74 Å². The standard InChI is InChI=1S/C8H14O2S/c1-4-10-8(9)7(3)6-11-5-2/h6H,4-5H2,1-3H3/b7-6+. The summed E-state index contributed by atoms with van der Waals surface area (Å²) >= 11 is 1.61. The predicted octanol–water partition coefficient (Wildman–Crippen LogP) is 2.21. The number of hydrogen-bond acceptors (Lipinski definition) is 3. The van der Waals surface area contributed by atoms with E-state index in [1.807, 2.05) is 12.3 Å². The Balaban J connectivity index is 3.80. The predicted molar refractivity (Wildman–Crippen MR) is 48.5 cm³/mol. The number of esters is 1. The van der Waals surface area contributed by atoms with Gasteiger partial charge in [0.15, 0.2) is 0 Å². The topological polar surface area (TPSA) is 26.3 Å². The minimum absolute atomic E-state index is 0.214. The van der Waals surface area contributed by atoms with E-state index in [1.165, 1.54) is 0 Å². The molecule has 0 aromatic carbocycles. The van der Waals surface area contributed by atoms with Crippen LogP contribution in [0.1, 0.15) is 20.8 Å². The molecule has 0 aliphatic rings. The van der Waals surface area contributed by atoms with Crippen molar-refractivity contribution >= 4 is 17.7 Å². The lowest BCUT2D eigenvalue weighted by Crippen LogP contribution is -2.04. The maximum absolute atomic E-state index is 10.9. The average molecular weight is 174 g/mol. The Hall–Kier alpha value is -0.440. The van der Waals surface area contributed by atoms with Crippen molar-refractivity contribution in [1.82, 2.24) is 0 Å². The number of ether oxygens (including phenoxy) is 1. The van der Waals surface area contributed by atoms with Crippen molar-refractivity contribution in [3.63, 3.8) is 0 Å². The van der Waals surface area contributed by atoms with Crippen LogP contribution in [0, 0.1) is 0 Å². The van der Waals surface area contributed by atoms with Crippen molar-refractivity contribution in [1.29, 1.82) is 0 Å². The van der Waals surface area contributed by atoms with E-state index in [9.17, 15) is 4.79 Å². The van der Waals surface area contributed by atoms with Crippen molar-refractivity contribution in [3.05, 3.63) is 11.0 Å². The molecule has 0 aromatic heterocycles. The summed E-state index contributed by atoms with van der Waals surface area (Å²) < 4.78 is 4.78. The molecule has 0 aromatic rings. The van der Waals surface area contributed by atoms with E-state index in [2.05, 4.69) is 0 Å². The Labute approximate surface area is 72.0 Å². The van der Waals surface area contributed by atoms with Crippen LogP contribution in [0.15, 0.2) is 11.0 Å². The second-order valence-electron chi connectivity index (χ2n) is 1.98. The van der Waals surface area contributed by atoms with Crippen molar-refractivity contribution in [3.8, 4) is 0 Å². The third kappa shape index (κ3) is 4.90. The molecule has 0 aliphatic heterocycles. The minimum atomic E-state index is -0.214. The normalized spacial score (nSPS) is 11.4. The molecule has 0 atom stereocenters. The summed E-state index contributed by atoms with van der Waals surface area (Å²) in [6, 6.07) is 0. The fourth-order valence-electron chi connectivity index (χ4n) is 0.501. The van der Waals surface area contributed by atoms with Gasteiger partial charge in [0.1, 0.15) is 0 Å². The molecule has 0 saturated carbocycles. The number of hydrogen-bond donors (Lipinski definition) is 0. The number of rotatable bonds is 4. The van der Waals surface area contributed by atoms with Crippen molar-refractivity contribution in [2.45, 2.75) is 20.8 Å². The van der Waals surface area contributed by atoms with Gasteiger partial charge >= 0.3 is 5.97 Å². The molecule has 64 valence electrons. The molecule has 0 heterocycles. The Bertz CT molecular complexity index is 152. The van der Waals surface area contributed by atoms with E-state index in [0.717, 1.165) is 5.75 Å². The van der Waals surface area contributed by atoms with E-state index in [4.69, 9.17) is 4.74 Å². The van der Waals surface area contributed by atoms with Crippen LogP contribution in [0.5, 0.6) is 0 Å². The summed E-state index contributed by atoms with van der Waals surface area (Å²) in [5.74, 6) is 0.768. The van der Waals surface area contributed by atoms with E-state index in [1.54, 1.807) is 25.6 Å². The average Bonchev–Trinajstić information content (AvgIpc) is 2.00. The monoisotopic (exact) mass is 174 g/mol. The molecule has 3 heteroatoms. The van der Waals surface area contributed by atoms with Gasteiger partial charge in [-0.3, -0.25) is 0 Å². The molecule has 0 saturated heterocycles. The molecule has 11 heavy (non-hydrogen) atoms. The van der Waals surface area contributed by atoms with Crippen LogP contribution in [0.4, 0.5) is 0 Å². The first-order valence-corrected chi connectivity index (χ1v) is 4.72. The van der Waals surface area contributed by atoms with Gasteiger partial charge in [-0.15, -0.1) is 11.8 Å². The first kappa shape index (κ1) is 10.6. The van der Waals surface area contributed by atoms with Crippen LogP contribution < -0.4 is 0 Å². The number of thioether (sulfide) groups is 1. The van der Waals surface area contributed by atoms with Gasteiger partial charge in [-0.2, -0.15) is 0 Å². The zero-order valence-corrected chi connectivity index (χ0v) is 8.03. The molecule has 0 aliphatic carbocycles. The third-order valence-electron chi connectivity index (χ3n) is 1.02. The molecule has 0 amide bonds. The lowest BCUT2D eigenvalue weighted by atomic mass is 10.4. The Morgan fingerprint density at radius 3 is 2.64 bits per heavy atom. The van der Waals surface area contributed by atoms with Crippen LogP contribution >= 0.6 is 11.8 Å². The van der Waals surface area contributed by atoms with E-state index in [-0.39, 0.29) is 5.97 Å². The van der Waals surface area contributed by atoms with Gasteiger partial charge in [-0.1, -0.05) is 6.92 Å². The van der Waals surface area contributed by atoms with Crippen molar-refractivity contribution in [2.75, 3.05) is 12.4 Å². The zero-order chi connectivity index (χ0) is 8.69. The third-order valence-corrected chi connectivity index (χ3v) is 1.88. The van der Waals surface area contributed by atoms with Gasteiger partial charge in [-0.05, 0) is 25.0 Å². The quantitative estimate of drug-likeness (QED) is 0.483. The van der Waals surface area contributed by atoms with Gasteiger partial charge in [0.05, 0.1) is 6.61 Å². The van der Waals surface area contributed by atoms with Gasteiger partial charge in [0, 0.05) is 5.57 Å².